The number of aryl methyl sites for hydroxylation is 2. The second-order valence-corrected chi connectivity index (χ2v) is 8.15. The maximum Gasteiger partial charge on any atom is 0.224 e. The number of fused-ring (bicyclic) bond motifs is 3. The molecule has 4 nitrogen and oxygen atoms in total. The van der Waals surface area contributed by atoms with E-state index in [1.807, 2.05) is 0 Å². The minimum absolute atomic E-state index is 0. The van der Waals surface area contributed by atoms with E-state index < -0.39 is 0 Å². The second-order valence-electron chi connectivity index (χ2n) is 8.15. The molecule has 142 valence electrons. The Morgan fingerprint density at radius 3 is 2.54 bits per heavy atom. The zero-order chi connectivity index (χ0) is 17.6. The monoisotopic (exact) mass is 376 g/mol. The number of furan rings is 1. The van der Waals surface area contributed by atoms with E-state index in [-0.39, 0.29) is 18.3 Å². The van der Waals surface area contributed by atoms with Crippen LogP contribution in [0.15, 0.2) is 22.8 Å². The van der Waals surface area contributed by atoms with Crippen LogP contribution in [-0.4, -0.2) is 18.0 Å². The number of rotatable bonds is 3. The molecule has 0 aliphatic heterocycles. The van der Waals surface area contributed by atoms with Gasteiger partial charge in [-0.15, -0.1) is 12.4 Å². The van der Waals surface area contributed by atoms with E-state index in [2.05, 4.69) is 31.3 Å². The number of halogens is 1. The van der Waals surface area contributed by atoms with E-state index in [9.17, 15) is 4.79 Å². The molecular weight excluding hydrogens is 348 g/mol. The molecule has 5 heteroatoms. The summed E-state index contributed by atoms with van der Waals surface area (Å²) in [4.78, 5) is 12.7. The lowest BCUT2D eigenvalue weighted by atomic mass is 9.67. The third kappa shape index (κ3) is 3.63. The highest BCUT2D eigenvalue weighted by molar-refractivity contribution is 5.88. The van der Waals surface area contributed by atoms with Gasteiger partial charge in [0.05, 0.1) is 12.7 Å². The Morgan fingerprint density at radius 1 is 1.19 bits per heavy atom. The van der Waals surface area contributed by atoms with Crippen molar-refractivity contribution in [3.63, 3.8) is 0 Å². The predicted molar refractivity (Wildman–Crippen MR) is 107 cm³/mol. The molecular formula is C21H29ClN2O2. The SMILES string of the molecule is Cc1cc2occ(CC(=O)NC3C4CCCC3CC(N)C4)c2cc1C.Cl. The van der Waals surface area contributed by atoms with Crippen LogP contribution < -0.4 is 11.1 Å². The first-order valence-electron chi connectivity index (χ1n) is 9.53. The van der Waals surface area contributed by atoms with Crippen molar-refractivity contribution in [3.8, 4) is 0 Å². The molecule has 2 aliphatic rings. The van der Waals surface area contributed by atoms with Gasteiger partial charge in [0.15, 0.2) is 0 Å². The Labute approximate surface area is 161 Å². The summed E-state index contributed by atoms with van der Waals surface area (Å²) < 4.78 is 5.67. The van der Waals surface area contributed by atoms with Crippen molar-refractivity contribution in [2.45, 2.75) is 64.5 Å². The molecule has 3 N–H and O–H groups in total. The van der Waals surface area contributed by atoms with Crippen molar-refractivity contribution in [1.29, 1.82) is 0 Å². The quantitative estimate of drug-likeness (QED) is 0.849. The zero-order valence-electron chi connectivity index (χ0n) is 15.6. The molecule has 1 amide bonds. The summed E-state index contributed by atoms with van der Waals surface area (Å²) in [5.41, 5.74) is 10.5. The van der Waals surface area contributed by atoms with E-state index in [0.29, 0.717) is 30.3 Å². The Morgan fingerprint density at radius 2 is 1.85 bits per heavy atom. The summed E-state index contributed by atoms with van der Waals surface area (Å²) in [6.45, 7) is 4.17. The largest absolute Gasteiger partial charge is 0.464 e. The average Bonchev–Trinajstić information content (AvgIpc) is 2.91. The summed E-state index contributed by atoms with van der Waals surface area (Å²) in [5, 5.41) is 4.39. The van der Waals surface area contributed by atoms with Crippen molar-refractivity contribution < 1.29 is 9.21 Å². The first-order valence-corrected chi connectivity index (χ1v) is 9.53. The molecule has 1 aromatic heterocycles. The lowest BCUT2D eigenvalue weighted by Gasteiger charge is -2.45. The third-order valence-electron chi connectivity index (χ3n) is 6.33. The van der Waals surface area contributed by atoms with E-state index in [1.165, 1.54) is 30.4 Å². The van der Waals surface area contributed by atoms with Gasteiger partial charge < -0.3 is 15.5 Å². The number of amides is 1. The molecule has 2 aliphatic carbocycles. The van der Waals surface area contributed by atoms with Crippen molar-refractivity contribution in [2.75, 3.05) is 0 Å². The first-order chi connectivity index (χ1) is 12.0. The van der Waals surface area contributed by atoms with Gasteiger partial charge in [0.2, 0.25) is 5.91 Å². The van der Waals surface area contributed by atoms with Crippen LogP contribution in [0.4, 0.5) is 0 Å². The summed E-state index contributed by atoms with van der Waals surface area (Å²) in [7, 11) is 0. The van der Waals surface area contributed by atoms with E-state index in [4.69, 9.17) is 10.2 Å². The molecule has 0 saturated heterocycles. The third-order valence-corrected chi connectivity index (χ3v) is 6.33. The highest BCUT2D eigenvalue weighted by atomic mass is 35.5. The minimum atomic E-state index is 0. The van der Waals surface area contributed by atoms with Gasteiger partial charge in [-0.2, -0.15) is 0 Å². The number of benzene rings is 1. The van der Waals surface area contributed by atoms with Gasteiger partial charge in [0.1, 0.15) is 5.58 Å². The molecule has 1 heterocycles. The molecule has 1 aromatic carbocycles. The molecule has 26 heavy (non-hydrogen) atoms. The molecule has 2 unspecified atom stereocenters. The van der Waals surface area contributed by atoms with Gasteiger partial charge in [-0.1, -0.05) is 6.42 Å². The van der Waals surface area contributed by atoms with Crippen molar-refractivity contribution in [2.24, 2.45) is 17.6 Å². The van der Waals surface area contributed by atoms with Crippen molar-refractivity contribution >= 4 is 29.3 Å². The van der Waals surface area contributed by atoms with Crippen LogP contribution in [0.1, 0.15) is 48.8 Å². The van der Waals surface area contributed by atoms with Gasteiger partial charge in [-0.25, -0.2) is 0 Å². The van der Waals surface area contributed by atoms with E-state index in [1.54, 1.807) is 6.26 Å². The highest BCUT2D eigenvalue weighted by Crippen LogP contribution is 2.39. The summed E-state index contributed by atoms with van der Waals surface area (Å²) in [5.74, 6) is 1.22. The lowest BCUT2D eigenvalue weighted by molar-refractivity contribution is -0.122. The highest BCUT2D eigenvalue weighted by Gasteiger charge is 2.39. The van der Waals surface area contributed by atoms with Crippen LogP contribution in [-0.2, 0) is 11.2 Å². The normalized spacial score (nSPS) is 27.8. The Bertz CT molecular complexity index is 787. The minimum Gasteiger partial charge on any atom is -0.464 e. The van der Waals surface area contributed by atoms with Crippen LogP contribution in [0.5, 0.6) is 0 Å². The predicted octanol–water partition coefficient (Wildman–Crippen LogP) is 4.04. The molecule has 2 aromatic rings. The maximum absolute atomic E-state index is 12.7. The number of nitrogens with one attached hydrogen (secondary N) is 1. The molecule has 2 atom stereocenters. The van der Waals surface area contributed by atoms with Gasteiger partial charge in [-0.3, -0.25) is 4.79 Å². The summed E-state index contributed by atoms with van der Waals surface area (Å²) in [6.07, 6.45) is 7.89. The zero-order valence-corrected chi connectivity index (χ0v) is 16.4. The second kappa shape index (κ2) is 7.61. The molecule has 2 fully saturated rings. The Hall–Kier alpha value is -1.52. The molecule has 4 rings (SSSR count). The summed E-state index contributed by atoms with van der Waals surface area (Å²) >= 11 is 0. The smallest absolute Gasteiger partial charge is 0.224 e. The van der Waals surface area contributed by atoms with Gasteiger partial charge in [0.25, 0.3) is 0 Å². The van der Waals surface area contributed by atoms with E-state index in [0.717, 1.165) is 29.4 Å². The number of hydrogen-bond donors (Lipinski definition) is 2. The van der Waals surface area contributed by atoms with Crippen LogP contribution in [0.3, 0.4) is 0 Å². The fourth-order valence-electron chi connectivity index (χ4n) is 4.91. The molecule has 2 bridgehead atoms. The van der Waals surface area contributed by atoms with Crippen LogP contribution in [0.2, 0.25) is 0 Å². The average molecular weight is 377 g/mol. The van der Waals surface area contributed by atoms with Crippen molar-refractivity contribution in [1.82, 2.24) is 5.32 Å². The van der Waals surface area contributed by atoms with Crippen molar-refractivity contribution in [3.05, 3.63) is 35.1 Å². The Kier molecular flexibility index (Phi) is 5.64. The number of carbonyl (C=O) groups is 1. The fraction of sp³-hybridized carbons (Fsp3) is 0.571. The molecule has 2 saturated carbocycles. The number of carbonyl (C=O) groups excluding carboxylic acids is 1. The molecule has 0 spiro atoms. The fourth-order valence-corrected chi connectivity index (χ4v) is 4.91. The molecule has 0 radical (unpaired) electrons. The van der Waals surface area contributed by atoms with Crippen LogP contribution >= 0.6 is 12.4 Å². The topological polar surface area (TPSA) is 68.3 Å². The Balaban J connectivity index is 0.00000196. The standard InChI is InChI=1S/C21H28N2O2.ClH/c1-12-6-18-16(11-25-19(18)7-13(12)2)10-20(24)23-21-14-4-3-5-15(21)9-17(22)8-14;/h6-7,11,14-15,17,21H,3-5,8-10,22H2,1-2H3,(H,23,24);1H. The maximum atomic E-state index is 12.7. The first kappa shape index (κ1) is 19.2. The van der Waals surface area contributed by atoms with Gasteiger partial charge in [0, 0.05) is 23.0 Å². The number of hydrogen-bond acceptors (Lipinski definition) is 3. The van der Waals surface area contributed by atoms with Crippen LogP contribution in [0, 0.1) is 25.7 Å². The van der Waals surface area contributed by atoms with E-state index >= 15 is 0 Å². The van der Waals surface area contributed by atoms with Gasteiger partial charge >= 0.3 is 0 Å². The number of nitrogens with two attached hydrogens (primary N) is 1. The lowest BCUT2D eigenvalue weighted by Crippen LogP contribution is -2.54. The summed E-state index contributed by atoms with van der Waals surface area (Å²) in [6, 6.07) is 4.81. The van der Waals surface area contributed by atoms with Crippen LogP contribution in [0.25, 0.3) is 11.0 Å². The van der Waals surface area contributed by atoms with Gasteiger partial charge in [-0.05, 0) is 74.6 Å².